The third kappa shape index (κ3) is 6.03. The second-order valence-electron chi connectivity index (χ2n) is 6.66. The molecule has 0 spiro atoms. The average Bonchev–Trinajstić information content (AvgIpc) is 2.67. The smallest absolute Gasteiger partial charge is 0.306 e. The van der Waals surface area contributed by atoms with Crippen LogP contribution in [-0.2, 0) is 14.3 Å². The molecule has 4 nitrogen and oxygen atoms in total. The fourth-order valence-electron chi connectivity index (χ4n) is 2.68. The number of benzene rings is 2. The molecule has 0 unspecified atom stereocenters. The highest BCUT2D eigenvalue weighted by Crippen LogP contribution is 2.21. The molecule has 0 bridgehead atoms. The van der Waals surface area contributed by atoms with E-state index < -0.39 is 0 Å². The Morgan fingerprint density at radius 1 is 0.923 bits per heavy atom. The third-order valence-corrected chi connectivity index (χ3v) is 4.58. The van der Waals surface area contributed by atoms with E-state index in [4.69, 9.17) is 4.74 Å². The van der Waals surface area contributed by atoms with E-state index in [9.17, 15) is 9.59 Å². The van der Waals surface area contributed by atoms with Crippen LogP contribution in [0.25, 0.3) is 0 Å². The van der Waals surface area contributed by atoms with Crippen molar-refractivity contribution in [2.24, 2.45) is 0 Å². The molecule has 4 heteroatoms. The molecule has 2 aromatic rings. The summed E-state index contributed by atoms with van der Waals surface area (Å²) in [7, 11) is 0. The zero-order valence-electron chi connectivity index (χ0n) is 15.7. The molecular weight excluding hydrogens is 326 g/mol. The summed E-state index contributed by atoms with van der Waals surface area (Å²) in [6.45, 7) is 6.01. The molecule has 1 N–H and O–H groups in total. The number of carbonyl (C=O) groups is 2. The van der Waals surface area contributed by atoms with Crippen molar-refractivity contribution >= 4 is 17.6 Å². The van der Waals surface area contributed by atoms with E-state index in [1.807, 2.05) is 61.5 Å². The van der Waals surface area contributed by atoms with Gasteiger partial charge in [0.1, 0.15) is 0 Å². The molecule has 0 saturated heterocycles. The molecule has 26 heavy (non-hydrogen) atoms. The molecule has 138 valence electrons. The molecule has 0 aromatic heterocycles. The van der Waals surface area contributed by atoms with Crippen LogP contribution >= 0.6 is 0 Å². The number of amides is 1. The van der Waals surface area contributed by atoms with Gasteiger partial charge in [-0.15, -0.1) is 0 Å². The van der Waals surface area contributed by atoms with Crippen molar-refractivity contribution in [2.75, 3.05) is 11.9 Å². The van der Waals surface area contributed by atoms with Crippen molar-refractivity contribution in [3.63, 3.8) is 0 Å². The van der Waals surface area contributed by atoms with Crippen molar-refractivity contribution in [1.29, 1.82) is 0 Å². The molecule has 0 aliphatic heterocycles. The molecular formula is C22H27NO3. The van der Waals surface area contributed by atoms with Gasteiger partial charge in [-0.2, -0.15) is 0 Å². The van der Waals surface area contributed by atoms with E-state index >= 15 is 0 Å². The van der Waals surface area contributed by atoms with E-state index in [1.54, 1.807) is 0 Å². The monoisotopic (exact) mass is 353 g/mol. The van der Waals surface area contributed by atoms with Gasteiger partial charge in [0, 0.05) is 5.69 Å². The number of anilines is 1. The third-order valence-electron chi connectivity index (χ3n) is 4.58. The summed E-state index contributed by atoms with van der Waals surface area (Å²) < 4.78 is 5.10. The Labute approximate surface area is 155 Å². The highest BCUT2D eigenvalue weighted by molar-refractivity contribution is 5.92. The van der Waals surface area contributed by atoms with Crippen molar-refractivity contribution in [3.05, 3.63) is 65.7 Å². The van der Waals surface area contributed by atoms with Gasteiger partial charge < -0.3 is 10.1 Å². The zero-order chi connectivity index (χ0) is 18.9. The van der Waals surface area contributed by atoms with E-state index in [-0.39, 0.29) is 30.8 Å². The van der Waals surface area contributed by atoms with Gasteiger partial charge in [-0.1, -0.05) is 63.2 Å². The summed E-state index contributed by atoms with van der Waals surface area (Å²) in [5.41, 5.74) is 3.03. The maximum Gasteiger partial charge on any atom is 0.306 e. The van der Waals surface area contributed by atoms with Crippen LogP contribution in [-0.4, -0.2) is 18.5 Å². The first-order valence-corrected chi connectivity index (χ1v) is 9.10. The van der Waals surface area contributed by atoms with Gasteiger partial charge in [-0.3, -0.25) is 9.59 Å². The Kier molecular flexibility index (Phi) is 7.39. The molecule has 0 aliphatic rings. The van der Waals surface area contributed by atoms with E-state index in [0.717, 1.165) is 12.0 Å². The van der Waals surface area contributed by atoms with Gasteiger partial charge >= 0.3 is 5.97 Å². The number of hydrogen-bond donors (Lipinski definition) is 1. The van der Waals surface area contributed by atoms with E-state index in [2.05, 4.69) is 19.2 Å². The number of rotatable bonds is 8. The largest absolute Gasteiger partial charge is 0.456 e. The van der Waals surface area contributed by atoms with Crippen molar-refractivity contribution in [1.82, 2.24) is 0 Å². The Morgan fingerprint density at radius 3 is 2.15 bits per heavy atom. The van der Waals surface area contributed by atoms with Gasteiger partial charge in [0.2, 0.25) is 0 Å². The lowest BCUT2D eigenvalue weighted by Gasteiger charge is -2.12. The quantitative estimate of drug-likeness (QED) is 0.689. The maximum absolute atomic E-state index is 12.0. The second kappa shape index (κ2) is 9.76. The fourth-order valence-corrected chi connectivity index (χ4v) is 2.68. The van der Waals surface area contributed by atoms with Crippen LogP contribution in [0.3, 0.4) is 0 Å². The average molecular weight is 353 g/mol. The molecule has 2 atom stereocenters. The molecule has 0 fully saturated rings. The summed E-state index contributed by atoms with van der Waals surface area (Å²) in [5.74, 6) is -0.155. The molecule has 2 rings (SSSR count). The number of ether oxygens (including phenoxy) is 1. The highest BCUT2D eigenvalue weighted by atomic mass is 16.5. The summed E-state index contributed by atoms with van der Waals surface area (Å²) in [6, 6.07) is 17.6. The minimum Gasteiger partial charge on any atom is -0.456 e. The van der Waals surface area contributed by atoms with Gasteiger partial charge in [-0.05, 0) is 41.5 Å². The first-order chi connectivity index (χ1) is 12.5. The first-order valence-electron chi connectivity index (χ1n) is 9.10. The van der Waals surface area contributed by atoms with Crippen LogP contribution in [0.5, 0.6) is 0 Å². The number of esters is 1. The number of carbonyl (C=O) groups excluding carboxylic acids is 2. The summed E-state index contributed by atoms with van der Waals surface area (Å²) >= 11 is 0. The summed E-state index contributed by atoms with van der Waals surface area (Å²) in [4.78, 5) is 23.9. The van der Waals surface area contributed by atoms with Crippen molar-refractivity contribution in [3.8, 4) is 0 Å². The van der Waals surface area contributed by atoms with E-state index in [1.165, 1.54) is 5.56 Å². The predicted molar refractivity (Wildman–Crippen MR) is 104 cm³/mol. The summed E-state index contributed by atoms with van der Waals surface area (Å²) in [6.07, 6.45) is 1.32. The normalized spacial score (nSPS) is 12.9. The molecule has 2 aromatic carbocycles. The molecule has 0 saturated carbocycles. The minimum absolute atomic E-state index is 0.0554. The molecule has 0 heterocycles. The minimum atomic E-state index is -0.372. The Morgan fingerprint density at radius 2 is 1.54 bits per heavy atom. The van der Waals surface area contributed by atoms with Crippen LogP contribution in [0, 0.1) is 0 Å². The second-order valence-corrected chi connectivity index (χ2v) is 6.66. The topological polar surface area (TPSA) is 55.4 Å². The van der Waals surface area contributed by atoms with Gasteiger partial charge in [-0.25, -0.2) is 0 Å². The Bertz CT molecular complexity index is 710. The van der Waals surface area contributed by atoms with E-state index in [0.29, 0.717) is 11.6 Å². The number of nitrogens with one attached hydrogen (secondary N) is 1. The fraction of sp³-hybridized carbons (Fsp3) is 0.364. The van der Waals surface area contributed by atoms with Crippen LogP contribution < -0.4 is 5.32 Å². The van der Waals surface area contributed by atoms with Crippen LogP contribution in [0.4, 0.5) is 5.69 Å². The van der Waals surface area contributed by atoms with Crippen molar-refractivity contribution in [2.45, 2.75) is 45.4 Å². The molecule has 1 amide bonds. The first kappa shape index (κ1) is 19.7. The predicted octanol–water partition coefficient (Wildman–Crippen LogP) is 4.88. The Balaban J connectivity index is 1.76. The van der Waals surface area contributed by atoms with Gasteiger partial charge in [0.05, 0.1) is 6.42 Å². The maximum atomic E-state index is 12.0. The van der Waals surface area contributed by atoms with Crippen LogP contribution in [0.2, 0.25) is 0 Å². The van der Waals surface area contributed by atoms with Crippen LogP contribution in [0.1, 0.15) is 56.6 Å². The lowest BCUT2D eigenvalue weighted by Crippen LogP contribution is -2.21. The molecule has 0 aliphatic carbocycles. The standard InChI is InChI=1S/C22H27NO3/c1-4-16(2)19-10-12-20(13-11-19)23-21(24)15-26-22(25)14-17(3)18-8-6-5-7-9-18/h5-13,16-17H,4,14-15H2,1-3H3,(H,23,24)/t16-,17+/m1/s1. The highest BCUT2D eigenvalue weighted by Gasteiger charge is 2.14. The van der Waals surface area contributed by atoms with Gasteiger partial charge in [0.25, 0.3) is 5.91 Å². The summed E-state index contributed by atoms with van der Waals surface area (Å²) in [5, 5.41) is 2.75. The Hall–Kier alpha value is -2.62. The zero-order valence-corrected chi connectivity index (χ0v) is 15.7. The van der Waals surface area contributed by atoms with Crippen LogP contribution in [0.15, 0.2) is 54.6 Å². The lowest BCUT2D eigenvalue weighted by molar-refractivity contribution is -0.147. The number of hydrogen-bond acceptors (Lipinski definition) is 3. The van der Waals surface area contributed by atoms with Gasteiger partial charge in [0.15, 0.2) is 6.61 Å². The van der Waals surface area contributed by atoms with Crippen molar-refractivity contribution < 1.29 is 14.3 Å². The SMILES string of the molecule is CC[C@@H](C)c1ccc(NC(=O)COC(=O)C[C@H](C)c2ccccc2)cc1. The lowest BCUT2D eigenvalue weighted by atomic mass is 9.98. The molecule has 0 radical (unpaired) electrons.